The number of hydrogen-bond donors (Lipinski definition) is 3. The Morgan fingerprint density at radius 1 is 1.40 bits per heavy atom. The van der Waals surface area contributed by atoms with E-state index in [9.17, 15) is 4.79 Å². The highest BCUT2D eigenvalue weighted by Gasteiger charge is 1.96. The van der Waals surface area contributed by atoms with Crippen LogP contribution in [0.4, 0.5) is 11.6 Å². The number of amides is 1. The van der Waals surface area contributed by atoms with Crippen LogP contribution in [0.3, 0.4) is 0 Å². The molecule has 1 amide bonds. The smallest absolute Gasteiger partial charge is 0.217 e. The van der Waals surface area contributed by atoms with Crippen LogP contribution in [0.5, 0.6) is 0 Å². The molecule has 82 valence electrons. The van der Waals surface area contributed by atoms with Gasteiger partial charge in [-0.15, -0.1) is 0 Å². The molecule has 0 atom stereocenters. The summed E-state index contributed by atoms with van der Waals surface area (Å²) in [4.78, 5) is 18.2. The number of anilines is 2. The number of carbonyl (C=O) groups is 1. The SMILES string of the molecule is NC(=O)CCCCNc1cc(N)ncn1. The van der Waals surface area contributed by atoms with Crippen LogP contribution < -0.4 is 16.8 Å². The van der Waals surface area contributed by atoms with E-state index >= 15 is 0 Å². The first kappa shape index (κ1) is 11.2. The van der Waals surface area contributed by atoms with Gasteiger partial charge in [-0.05, 0) is 12.8 Å². The maximum atomic E-state index is 10.4. The molecule has 0 aromatic carbocycles. The molecule has 1 heterocycles. The fourth-order valence-electron chi connectivity index (χ4n) is 1.11. The Morgan fingerprint density at radius 2 is 2.20 bits per heavy atom. The van der Waals surface area contributed by atoms with Gasteiger partial charge < -0.3 is 16.8 Å². The van der Waals surface area contributed by atoms with Crippen LogP contribution in [0.2, 0.25) is 0 Å². The van der Waals surface area contributed by atoms with E-state index in [1.807, 2.05) is 0 Å². The van der Waals surface area contributed by atoms with E-state index in [-0.39, 0.29) is 5.91 Å². The van der Waals surface area contributed by atoms with Gasteiger partial charge >= 0.3 is 0 Å². The van der Waals surface area contributed by atoms with E-state index in [1.165, 1.54) is 6.33 Å². The lowest BCUT2D eigenvalue weighted by Crippen LogP contribution is -2.11. The Morgan fingerprint density at radius 3 is 2.87 bits per heavy atom. The summed E-state index contributed by atoms with van der Waals surface area (Å²) in [5, 5.41) is 3.08. The predicted octanol–water partition coefficient (Wildman–Crippen LogP) is 0.126. The van der Waals surface area contributed by atoms with Crippen LogP contribution in [0.25, 0.3) is 0 Å². The Labute approximate surface area is 88.1 Å². The number of aromatic nitrogens is 2. The molecule has 0 saturated carbocycles. The zero-order valence-electron chi connectivity index (χ0n) is 8.44. The van der Waals surface area contributed by atoms with Crippen molar-refractivity contribution in [3.05, 3.63) is 12.4 Å². The van der Waals surface area contributed by atoms with Gasteiger partial charge in [0, 0.05) is 19.0 Å². The number of unbranched alkanes of at least 4 members (excludes halogenated alkanes) is 1. The third kappa shape index (κ3) is 4.80. The van der Waals surface area contributed by atoms with Crippen molar-refractivity contribution >= 4 is 17.5 Å². The van der Waals surface area contributed by atoms with Crippen LogP contribution in [-0.2, 0) is 4.79 Å². The number of nitrogens with one attached hydrogen (secondary N) is 1. The van der Waals surface area contributed by atoms with Gasteiger partial charge in [0.2, 0.25) is 5.91 Å². The molecule has 15 heavy (non-hydrogen) atoms. The van der Waals surface area contributed by atoms with Crippen LogP contribution in [0.1, 0.15) is 19.3 Å². The average molecular weight is 209 g/mol. The molecule has 0 radical (unpaired) electrons. The van der Waals surface area contributed by atoms with Crippen molar-refractivity contribution in [1.82, 2.24) is 9.97 Å². The van der Waals surface area contributed by atoms with Gasteiger partial charge in [-0.1, -0.05) is 0 Å². The summed E-state index contributed by atoms with van der Waals surface area (Å²) in [6.45, 7) is 0.740. The lowest BCUT2D eigenvalue weighted by molar-refractivity contribution is -0.118. The summed E-state index contributed by atoms with van der Waals surface area (Å²) < 4.78 is 0. The van der Waals surface area contributed by atoms with Crippen molar-refractivity contribution in [2.24, 2.45) is 5.73 Å². The van der Waals surface area contributed by atoms with Crippen molar-refractivity contribution in [2.45, 2.75) is 19.3 Å². The Hall–Kier alpha value is -1.85. The first-order valence-electron chi connectivity index (χ1n) is 4.78. The molecule has 0 spiro atoms. The summed E-state index contributed by atoms with van der Waals surface area (Å²) in [6.07, 6.45) is 3.48. The van der Waals surface area contributed by atoms with Crippen molar-refractivity contribution in [3.8, 4) is 0 Å². The molecular formula is C9H15N5O. The summed E-state index contributed by atoms with van der Waals surface area (Å²) in [6, 6.07) is 1.66. The summed E-state index contributed by atoms with van der Waals surface area (Å²) >= 11 is 0. The van der Waals surface area contributed by atoms with Crippen LogP contribution in [0.15, 0.2) is 12.4 Å². The van der Waals surface area contributed by atoms with E-state index in [4.69, 9.17) is 11.5 Å². The summed E-state index contributed by atoms with van der Waals surface area (Å²) in [5.74, 6) is 0.868. The normalized spacial score (nSPS) is 9.87. The van der Waals surface area contributed by atoms with Gasteiger partial charge in [-0.3, -0.25) is 4.79 Å². The number of hydrogen-bond acceptors (Lipinski definition) is 5. The summed E-state index contributed by atoms with van der Waals surface area (Å²) in [5.41, 5.74) is 10.5. The number of nitrogen functional groups attached to an aromatic ring is 1. The topological polar surface area (TPSA) is 107 Å². The molecule has 1 aromatic heterocycles. The lowest BCUT2D eigenvalue weighted by atomic mass is 10.2. The largest absolute Gasteiger partial charge is 0.384 e. The summed E-state index contributed by atoms with van der Waals surface area (Å²) in [7, 11) is 0. The maximum absolute atomic E-state index is 10.4. The van der Waals surface area contributed by atoms with Gasteiger partial charge in [0.15, 0.2) is 0 Å². The Balaban J connectivity index is 2.17. The van der Waals surface area contributed by atoms with Crippen molar-refractivity contribution in [2.75, 3.05) is 17.6 Å². The van der Waals surface area contributed by atoms with E-state index in [0.717, 1.165) is 19.4 Å². The molecule has 1 aromatic rings. The predicted molar refractivity (Wildman–Crippen MR) is 58.0 cm³/mol. The van der Waals surface area contributed by atoms with E-state index in [1.54, 1.807) is 6.07 Å². The van der Waals surface area contributed by atoms with Gasteiger partial charge in [0.1, 0.15) is 18.0 Å². The van der Waals surface area contributed by atoms with E-state index in [0.29, 0.717) is 18.1 Å². The molecule has 1 rings (SSSR count). The maximum Gasteiger partial charge on any atom is 0.217 e. The van der Waals surface area contributed by atoms with E-state index < -0.39 is 0 Å². The highest BCUT2D eigenvalue weighted by molar-refractivity contribution is 5.73. The first-order chi connectivity index (χ1) is 7.18. The zero-order valence-corrected chi connectivity index (χ0v) is 8.44. The molecule has 6 heteroatoms. The fourth-order valence-corrected chi connectivity index (χ4v) is 1.11. The van der Waals surface area contributed by atoms with Crippen LogP contribution in [0, 0.1) is 0 Å². The molecule has 6 nitrogen and oxygen atoms in total. The van der Waals surface area contributed by atoms with Gasteiger partial charge in [0.25, 0.3) is 0 Å². The van der Waals surface area contributed by atoms with Gasteiger partial charge in [-0.2, -0.15) is 0 Å². The highest BCUT2D eigenvalue weighted by atomic mass is 16.1. The second-order valence-corrected chi connectivity index (χ2v) is 3.18. The number of nitrogens with two attached hydrogens (primary N) is 2. The quantitative estimate of drug-likeness (QED) is 0.577. The third-order valence-corrected chi connectivity index (χ3v) is 1.84. The number of nitrogens with zero attached hydrogens (tertiary/aromatic N) is 2. The lowest BCUT2D eigenvalue weighted by Gasteiger charge is -2.04. The Bertz CT molecular complexity index is 328. The molecule has 0 aliphatic carbocycles. The number of rotatable bonds is 6. The first-order valence-corrected chi connectivity index (χ1v) is 4.78. The minimum Gasteiger partial charge on any atom is -0.384 e. The Kier molecular flexibility index (Phi) is 4.33. The molecular weight excluding hydrogens is 194 g/mol. The van der Waals surface area contributed by atoms with Gasteiger partial charge in [-0.25, -0.2) is 9.97 Å². The molecule has 0 aliphatic heterocycles. The van der Waals surface area contributed by atoms with Crippen molar-refractivity contribution in [1.29, 1.82) is 0 Å². The minimum atomic E-state index is -0.263. The highest BCUT2D eigenvalue weighted by Crippen LogP contribution is 2.05. The third-order valence-electron chi connectivity index (χ3n) is 1.84. The van der Waals surface area contributed by atoms with Crippen molar-refractivity contribution in [3.63, 3.8) is 0 Å². The standard InChI is InChI=1S/C9H15N5O/c10-7-5-9(14-6-13-7)12-4-2-1-3-8(11)15/h5-6H,1-4H2,(H2,11,15)(H3,10,12,13,14). The zero-order chi connectivity index (χ0) is 11.1. The molecule has 0 aliphatic rings. The molecule has 0 bridgehead atoms. The second kappa shape index (κ2) is 5.79. The molecule has 0 unspecified atom stereocenters. The number of primary amides is 1. The number of carbonyl (C=O) groups excluding carboxylic acids is 1. The van der Waals surface area contributed by atoms with Crippen molar-refractivity contribution < 1.29 is 4.79 Å². The molecule has 0 saturated heterocycles. The van der Waals surface area contributed by atoms with Gasteiger partial charge in [0.05, 0.1) is 0 Å². The fraction of sp³-hybridized carbons (Fsp3) is 0.444. The van der Waals surface area contributed by atoms with E-state index in [2.05, 4.69) is 15.3 Å². The van der Waals surface area contributed by atoms with Crippen LogP contribution in [-0.4, -0.2) is 22.4 Å². The monoisotopic (exact) mass is 209 g/mol. The van der Waals surface area contributed by atoms with Crippen LogP contribution >= 0.6 is 0 Å². The molecule has 5 N–H and O–H groups in total. The second-order valence-electron chi connectivity index (χ2n) is 3.18. The minimum absolute atomic E-state index is 0.263. The molecule has 0 fully saturated rings. The average Bonchev–Trinajstić information content (AvgIpc) is 2.17.